The maximum atomic E-state index is 13.1. The van der Waals surface area contributed by atoms with Crippen molar-refractivity contribution in [3.63, 3.8) is 0 Å². The Morgan fingerprint density at radius 1 is 1.00 bits per heavy atom. The van der Waals surface area contributed by atoms with Gasteiger partial charge in [0.2, 0.25) is 5.91 Å². The lowest BCUT2D eigenvalue weighted by Crippen LogP contribution is -2.49. The molecule has 0 saturated carbocycles. The van der Waals surface area contributed by atoms with Gasteiger partial charge in [-0.15, -0.1) is 0 Å². The zero-order valence-electron chi connectivity index (χ0n) is 19.9. The first-order chi connectivity index (χ1) is 17.8. The van der Waals surface area contributed by atoms with Crippen LogP contribution in [-0.2, 0) is 20.4 Å². The number of anilines is 3. The van der Waals surface area contributed by atoms with E-state index in [4.69, 9.17) is 11.6 Å². The van der Waals surface area contributed by atoms with Crippen LogP contribution in [0, 0.1) is 0 Å². The summed E-state index contributed by atoms with van der Waals surface area (Å²) >= 11 is 5.96. The Hall–Kier alpha value is -3.63. The van der Waals surface area contributed by atoms with Crippen molar-refractivity contribution in [2.45, 2.75) is 11.8 Å². The second-order valence-electron chi connectivity index (χ2n) is 9.10. The smallest absolute Gasteiger partial charge is 0.254 e. The van der Waals surface area contributed by atoms with E-state index >= 15 is 0 Å². The Kier molecular flexibility index (Phi) is 7.03. The number of aromatic nitrogens is 1. The van der Waals surface area contributed by atoms with E-state index in [1.165, 1.54) is 0 Å². The van der Waals surface area contributed by atoms with Gasteiger partial charge in [0.1, 0.15) is 11.9 Å². The summed E-state index contributed by atoms with van der Waals surface area (Å²) < 4.78 is 25.5. The molecule has 0 unspecified atom stereocenters. The lowest BCUT2D eigenvalue weighted by Gasteiger charge is -2.35. The highest BCUT2D eigenvalue weighted by molar-refractivity contribution is 7.90. The number of rotatable bonds is 6. The van der Waals surface area contributed by atoms with Crippen molar-refractivity contribution in [2.75, 3.05) is 47.5 Å². The van der Waals surface area contributed by atoms with Gasteiger partial charge < -0.3 is 20.4 Å². The Balaban J connectivity index is 1.22. The van der Waals surface area contributed by atoms with Gasteiger partial charge in [-0.05, 0) is 48.0 Å². The summed E-state index contributed by atoms with van der Waals surface area (Å²) in [6, 6.07) is 16.5. The van der Waals surface area contributed by atoms with Crippen LogP contribution >= 0.6 is 11.6 Å². The van der Waals surface area contributed by atoms with Gasteiger partial charge >= 0.3 is 0 Å². The van der Waals surface area contributed by atoms with Crippen LogP contribution in [0.1, 0.15) is 15.9 Å². The maximum absolute atomic E-state index is 13.1. The highest BCUT2D eigenvalue weighted by atomic mass is 35.5. The molecule has 3 heterocycles. The van der Waals surface area contributed by atoms with Crippen LogP contribution in [0.25, 0.3) is 0 Å². The van der Waals surface area contributed by atoms with Crippen molar-refractivity contribution in [2.24, 2.45) is 0 Å². The van der Waals surface area contributed by atoms with Gasteiger partial charge in [0.05, 0.1) is 22.9 Å². The lowest BCUT2D eigenvalue weighted by molar-refractivity contribution is -0.116. The average molecular weight is 540 g/mol. The van der Waals surface area contributed by atoms with Gasteiger partial charge in [0.25, 0.3) is 5.91 Å². The van der Waals surface area contributed by atoms with Crippen LogP contribution in [-0.4, -0.2) is 68.1 Å². The second kappa shape index (κ2) is 10.4. The zero-order chi connectivity index (χ0) is 26.0. The number of amides is 2. The molecule has 0 bridgehead atoms. The van der Waals surface area contributed by atoms with Gasteiger partial charge in [0.15, 0.2) is 9.84 Å². The molecule has 1 atom stereocenters. The van der Waals surface area contributed by atoms with Crippen LogP contribution in [0.4, 0.5) is 17.2 Å². The number of pyridine rings is 1. The normalized spacial score (nSPS) is 17.5. The second-order valence-corrected chi connectivity index (χ2v) is 11.6. The minimum absolute atomic E-state index is 0.121. The number of piperazine rings is 1. The van der Waals surface area contributed by atoms with Crippen molar-refractivity contribution >= 4 is 50.4 Å². The van der Waals surface area contributed by atoms with Gasteiger partial charge in [-0.25, -0.2) is 13.4 Å². The van der Waals surface area contributed by atoms with Crippen molar-refractivity contribution in [1.82, 2.24) is 9.88 Å². The molecule has 1 aromatic heterocycles. The molecular weight excluding hydrogens is 514 g/mol. The summed E-state index contributed by atoms with van der Waals surface area (Å²) in [5, 5.41) is 6.23. The zero-order valence-corrected chi connectivity index (χ0v) is 21.5. The molecule has 192 valence electrons. The molecular formula is C26H26ClN5O4S. The van der Waals surface area contributed by atoms with E-state index in [2.05, 4.69) is 20.5 Å². The number of sulfone groups is 1. The Labute approximate surface area is 220 Å². The van der Waals surface area contributed by atoms with E-state index in [1.807, 2.05) is 18.2 Å². The van der Waals surface area contributed by atoms with E-state index < -0.39 is 21.8 Å². The first-order valence-corrected chi connectivity index (χ1v) is 14.1. The molecule has 3 aromatic rings. The minimum Gasteiger partial charge on any atom is -0.371 e. The van der Waals surface area contributed by atoms with Gasteiger partial charge in [0, 0.05) is 43.0 Å². The molecule has 37 heavy (non-hydrogen) atoms. The number of halogens is 1. The fourth-order valence-electron chi connectivity index (χ4n) is 4.55. The number of carbonyl (C=O) groups is 2. The predicted octanol–water partition coefficient (Wildman–Crippen LogP) is 3.05. The third-order valence-corrected chi connectivity index (χ3v) is 8.26. The third kappa shape index (κ3) is 5.86. The fraction of sp³-hybridized carbons (Fsp3) is 0.269. The van der Waals surface area contributed by atoms with Gasteiger partial charge in [-0.2, -0.15) is 0 Å². The largest absolute Gasteiger partial charge is 0.371 e. The topological polar surface area (TPSA) is 112 Å². The Morgan fingerprint density at radius 3 is 2.54 bits per heavy atom. The van der Waals surface area contributed by atoms with Crippen molar-refractivity contribution in [3.8, 4) is 0 Å². The minimum atomic E-state index is -3.60. The number of carbonyl (C=O) groups excluding carboxylic acids is 2. The lowest BCUT2D eigenvalue weighted by atomic mass is 10.1. The first kappa shape index (κ1) is 25.0. The molecule has 2 aliphatic heterocycles. The van der Waals surface area contributed by atoms with E-state index in [1.54, 1.807) is 53.6 Å². The average Bonchev–Trinajstić information content (AvgIpc) is 2.88. The van der Waals surface area contributed by atoms with Crippen LogP contribution in [0.5, 0.6) is 0 Å². The third-order valence-electron chi connectivity index (χ3n) is 6.41. The van der Waals surface area contributed by atoms with Gasteiger partial charge in [-0.3, -0.25) is 9.59 Å². The number of hydrogen-bond donors (Lipinski definition) is 2. The van der Waals surface area contributed by atoms with Gasteiger partial charge in [-0.1, -0.05) is 29.8 Å². The highest BCUT2D eigenvalue weighted by Crippen LogP contribution is 2.29. The van der Waals surface area contributed by atoms with E-state index in [0.29, 0.717) is 53.7 Å². The first-order valence-electron chi connectivity index (χ1n) is 11.9. The summed E-state index contributed by atoms with van der Waals surface area (Å²) in [4.78, 5) is 34.2. The van der Waals surface area contributed by atoms with Crippen molar-refractivity contribution in [3.05, 3.63) is 83.0 Å². The number of nitrogens with one attached hydrogen (secondary N) is 2. The fourth-order valence-corrected chi connectivity index (χ4v) is 6.31. The number of fused-ring (bicyclic) bond motifs is 1. The molecule has 2 N–H and O–H groups in total. The van der Waals surface area contributed by atoms with Crippen molar-refractivity contribution in [1.29, 1.82) is 0 Å². The molecule has 2 aliphatic rings. The summed E-state index contributed by atoms with van der Waals surface area (Å²) in [7, 11) is -3.60. The molecule has 1 saturated heterocycles. The molecule has 0 aliphatic carbocycles. The van der Waals surface area contributed by atoms with Crippen LogP contribution in [0.3, 0.4) is 0 Å². The summed E-state index contributed by atoms with van der Waals surface area (Å²) in [5.41, 5.74) is 2.04. The molecule has 0 spiro atoms. The summed E-state index contributed by atoms with van der Waals surface area (Å²) in [6.45, 7) is 2.47. The van der Waals surface area contributed by atoms with E-state index in [9.17, 15) is 18.0 Å². The summed E-state index contributed by atoms with van der Waals surface area (Å²) in [6.07, 6.45) is 1.75. The molecule has 5 rings (SSSR count). The Morgan fingerprint density at radius 2 is 1.81 bits per heavy atom. The summed E-state index contributed by atoms with van der Waals surface area (Å²) in [5.74, 6) is -0.278. The Bertz CT molecular complexity index is 1430. The SMILES string of the molecule is O=C1Nc2cc(C(=O)N3CCN(c4ccccn4)CC3)ccc2N[C@@H]1CS(=O)(=O)Cc1cccc(Cl)c1. The van der Waals surface area contributed by atoms with Crippen molar-refractivity contribution < 1.29 is 18.0 Å². The number of benzene rings is 2. The van der Waals surface area contributed by atoms with E-state index in [0.717, 1.165) is 5.82 Å². The quantitative estimate of drug-likeness (QED) is 0.495. The molecule has 11 heteroatoms. The highest BCUT2D eigenvalue weighted by Gasteiger charge is 2.31. The van der Waals surface area contributed by atoms with E-state index in [-0.39, 0.29) is 17.4 Å². The van der Waals surface area contributed by atoms with Crippen LogP contribution in [0.15, 0.2) is 66.9 Å². The number of hydrogen-bond acceptors (Lipinski definition) is 7. The molecule has 9 nitrogen and oxygen atoms in total. The standard InChI is InChI=1S/C26H26ClN5O4S/c27-20-5-3-4-18(14-20)16-37(35,36)17-23-25(33)30-22-15-19(7-8-21(22)29-23)26(34)32-12-10-31(11-13-32)24-6-1-2-9-28-24/h1-9,14-15,23,29H,10-13,16-17H2,(H,30,33)/t23-/m1/s1. The van der Waals surface area contributed by atoms with Crippen LogP contribution in [0.2, 0.25) is 5.02 Å². The number of nitrogens with zero attached hydrogens (tertiary/aromatic N) is 3. The predicted molar refractivity (Wildman–Crippen MR) is 144 cm³/mol. The molecule has 2 aromatic carbocycles. The maximum Gasteiger partial charge on any atom is 0.254 e. The molecule has 1 fully saturated rings. The van der Waals surface area contributed by atoms with Crippen LogP contribution < -0.4 is 15.5 Å². The molecule has 2 amide bonds. The molecule has 0 radical (unpaired) electrons. The monoisotopic (exact) mass is 539 g/mol.